The molecule has 29 heavy (non-hydrogen) atoms. The van der Waals surface area contributed by atoms with E-state index in [-0.39, 0.29) is 50.7 Å². The van der Waals surface area contributed by atoms with Gasteiger partial charge in [0.05, 0.1) is 18.3 Å². The molecule has 1 saturated carbocycles. The lowest BCUT2D eigenvalue weighted by Crippen LogP contribution is -2.56. The minimum atomic E-state index is -5.05. The predicted octanol–water partition coefficient (Wildman–Crippen LogP) is 2.50. The van der Waals surface area contributed by atoms with Crippen LogP contribution in [-0.2, 0) is 28.6 Å². The van der Waals surface area contributed by atoms with Crippen molar-refractivity contribution in [1.29, 1.82) is 0 Å². The number of amides is 1. The molecule has 0 N–H and O–H groups in total. The number of rotatable bonds is 5. The Morgan fingerprint density at radius 3 is 2.34 bits per heavy atom. The standard InChI is InChI=1S/C18H28F3NO6S/c1-11(2)17(16(24)28-29(4,25)26)7-5-13(9-17)22(15(23)18(19,20)21)14-6-8-27-10-12(14)3/h11-14H,5-10H2,1-4H3/t12-,13-,14?,17+/m1/s1. The maximum Gasteiger partial charge on any atom is 0.471 e. The third-order valence-electron chi connectivity index (χ3n) is 6.09. The number of ether oxygens (including phenoxy) is 1. The van der Waals surface area contributed by atoms with Crippen LogP contribution in [0.4, 0.5) is 13.2 Å². The quantitative estimate of drug-likeness (QED) is 0.607. The maximum atomic E-state index is 13.4. The van der Waals surface area contributed by atoms with E-state index >= 15 is 0 Å². The Labute approximate surface area is 169 Å². The molecule has 4 atom stereocenters. The Hall–Kier alpha value is -1.36. The van der Waals surface area contributed by atoms with Gasteiger partial charge in [-0.2, -0.15) is 21.6 Å². The summed E-state index contributed by atoms with van der Waals surface area (Å²) in [6.45, 7) is 5.60. The van der Waals surface area contributed by atoms with E-state index < -0.39 is 45.7 Å². The monoisotopic (exact) mass is 443 g/mol. The third-order valence-corrected chi connectivity index (χ3v) is 6.54. The highest BCUT2D eigenvalue weighted by Gasteiger charge is 2.55. The average molecular weight is 443 g/mol. The molecular weight excluding hydrogens is 415 g/mol. The number of nitrogens with zero attached hydrogens (tertiary/aromatic N) is 1. The van der Waals surface area contributed by atoms with Gasteiger partial charge in [0.25, 0.3) is 0 Å². The van der Waals surface area contributed by atoms with Gasteiger partial charge >= 0.3 is 28.2 Å². The molecule has 168 valence electrons. The number of hydrogen-bond acceptors (Lipinski definition) is 6. The Bertz CT molecular complexity index is 738. The van der Waals surface area contributed by atoms with Gasteiger partial charge < -0.3 is 13.8 Å². The Morgan fingerprint density at radius 2 is 1.86 bits per heavy atom. The van der Waals surface area contributed by atoms with Gasteiger partial charge in [-0.05, 0) is 31.6 Å². The lowest BCUT2D eigenvalue weighted by molar-refractivity contribution is -0.194. The van der Waals surface area contributed by atoms with Gasteiger partial charge in [-0.25, -0.2) is 0 Å². The van der Waals surface area contributed by atoms with E-state index in [1.165, 1.54) is 0 Å². The second-order valence-corrected chi connectivity index (χ2v) is 9.98. The van der Waals surface area contributed by atoms with Crippen molar-refractivity contribution in [3.63, 3.8) is 0 Å². The van der Waals surface area contributed by atoms with E-state index in [0.717, 1.165) is 11.2 Å². The van der Waals surface area contributed by atoms with Crippen molar-refractivity contribution in [3.8, 4) is 0 Å². The number of carbonyl (C=O) groups excluding carboxylic acids is 2. The van der Waals surface area contributed by atoms with Gasteiger partial charge in [-0.3, -0.25) is 9.59 Å². The van der Waals surface area contributed by atoms with Gasteiger partial charge in [0.1, 0.15) is 0 Å². The van der Waals surface area contributed by atoms with E-state index in [4.69, 9.17) is 4.74 Å². The van der Waals surface area contributed by atoms with E-state index in [1.54, 1.807) is 20.8 Å². The third kappa shape index (κ3) is 5.22. The van der Waals surface area contributed by atoms with Crippen LogP contribution in [0.2, 0.25) is 0 Å². The van der Waals surface area contributed by atoms with Crippen LogP contribution in [0, 0.1) is 17.3 Å². The summed E-state index contributed by atoms with van der Waals surface area (Å²) < 4.78 is 72.9. The zero-order chi connectivity index (χ0) is 22.2. The lowest BCUT2D eigenvalue weighted by atomic mass is 9.75. The van der Waals surface area contributed by atoms with Crippen LogP contribution in [0.1, 0.15) is 46.5 Å². The summed E-state index contributed by atoms with van der Waals surface area (Å²) in [6, 6.07) is -1.51. The Balaban J connectivity index is 2.37. The highest BCUT2D eigenvalue weighted by Crippen LogP contribution is 2.48. The minimum Gasteiger partial charge on any atom is -0.381 e. The van der Waals surface area contributed by atoms with Gasteiger partial charge in [0, 0.05) is 24.6 Å². The largest absolute Gasteiger partial charge is 0.471 e. The summed E-state index contributed by atoms with van der Waals surface area (Å²) >= 11 is 0. The van der Waals surface area contributed by atoms with Crippen LogP contribution in [0.5, 0.6) is 0 Å². The van der Waals surface area contributed by atoms with E-state index in [1.807, 2.05) is 0 Å². The van der Waals surface area contributed by atoms with Crippen molar-refractivity contribution >= 4 is 22.0 Å². The van der Waals surface area contributed by atoms with Crippen molar-refractivity contribution in [2.75, 3.05) is 19.5 Å². The molecule has 2 rings (SSSR count). The minimum absolute atomic E-state index is 0.0785. The molecule has 0 bridgehead atoms. The molecule has 0 radical (unpaired) electrons. The smallest absolute Gasteiger partial charge is 0.381 e. The fraction of sp³-hybridized carbons (Fsp3) is 0.889. The Morgan fingerprint density at radius 1 is 1.24 bits per heavy atom. The second kappa shape index (κ2) is 8.41. The second-order valence-electron chi connectivity index (χ2n) is 8.40. The summed E-state index contributed by atoms with van der Waals surface area (Å²) in [6.07, 6.45) is -3.82. The molecular formula is C18H28F3NO6S. The first kappa shape index (κ1) is 23.9. The number of carbonyl (C=O) groups is 2. The summed E-state index contributed by atoms with van der Waals surface area (Å²) in [7, 11) is -4.07. The molecule has 2 fully saturated rings. The van der Waals surface area contributed by atoms with Crippen molar-refractivity contribution in [1.82, 2.24) is 4.90 Å². The molecule has 11 heteroatoms. The van der Waals surface area contributed by atoms with Crippen LogP contribution < -0.4 is 0 Å². The SMILES string of the molecule is CC(C)[C@]1(C(=O)OS(C)(=O)=O)CC[C@@H](N(C(=O)C(F)(F)F)C2CCOC[C@H]2C)C1. The van der Waals surface area contributed by atoms with Crippen molar-refractivity contribution in [2.24, 2.45) is 17.3 Å². The number of hydrogen-bond donors (Lipinski definition) is 0. The van der Waals surface area contributed by atoms with Crippen molar-refractivity contribution in [2.45, 2.75) is 64.7 Å². The molecule has 1 aliphatic heterocycles. The molecule has 0 spiro atoms. The zero-order valence-electron chi connectivity index (χ0n) is 17.0. The normalized spacial score (nSPS) is 31.0. The van der Waals surface area contributed by atoms with Crippen molar-refractivity contribution in [3.05, 3.63) is 0 Å². The van der Waals surface area contributed by atoms with Crippen molar-refractivity contribution < 1.29 is 40.1 Å². The van der Waals surface area contributed by atoms with E-state index in [9.17, 15) is 31.2 Å². The fourth-order valence-electron chi connectivity index (χ4n) is 4.47. The van der Waals surface area contributed by atoms with Gasteiger partial charge in [0.2, 0.25) is 0 Å². The zero-order valence-corrected chi connectivity index (χ0v) is 17.8. The maximum absolute atomic E-state index is 13.4. The topological polar surface area (TPSA) is 90.0 Å². The first-order chi connectivity index (χ1) is 13.2. The number of halogens is 3. The number of alkyl halides is 3. The summed E-state index contributed by atoms with van der Waals surface area (Å²) in [5.41, 5.74) is -1.27. The molecule has 0 aromatic rings. The molecule has 0 aromatic carbocycles. The molecule has 1 unspecified atom stereocenters. The molecule has 1 heterocycles. The summed E-state index contributed by atoms with van der Waals surface area (Å²) in [4.78, 5) is 25.8. The van der Waals surface area contributed by atoms with Crippen LogP contribution >= 0.6 is 0 Å². The molecule has 2 aliphatic rings. The van der Waals surface area contributed by atoms with E-state index in [0.29, 0.717) is 0 Å². The lowest BCUT2D eigenvalue weighted by Gasteiger charge is -2.42. The summed E-state index contributed by atoms with van der Waals surface area (Å²) in [5, 5.41) is 0. The Kier molecular flexibility index (Phi) is 6.93. The average Bonchev–Trinajstić information content (AvgIpc) is 3.01. The molecule has 1 aliphatic carbocycles. The molecule has 1 amide bonds. The highest BCUT2D eigenvalue weighted by atomic mass is 32.2. The van der Waals surface area contributed by atoms with Gasteiger partial charge in [-0.1, -0.05) is 20.8 Å². The molecule has 0 aromatic heterocycles. The predicted molar refractivity (Wildman–Crippen MR) is 97.1 cm³/mol. The first-order valence-corrected chi connectivity index (χ1v) is 11.4. The molecule has 7 nitrogen and oxygen atoms in total. The van der Waals surface area contributed by atoms with Crippen LogP contribution in [0.25, 0.3) is 0 Å². The highest BCUT2D eigenvalue weighted by molar-refractivity contribution is 7.86. The van der Waals surface area contributed by atoms with E-state index in [2.05, 4.69) is 4.18 Å². The van der Waals surface area contributed by atoms with Gasteiger partial charge in [-0.15, -0.1) is 0 Å². The summed E-state index contributed by atoms with van der Waals surface area (Å²) in [5.74, 6) is -3.59. The molecule has 1 saturated heterocycles. The first-order valence-electron chi connectivity index (χ1n) is 9.60. The van der Waals surface area contributed by atoms with Gasteiger partial charge in [0.15, 0.2) is 0 Å². The fourth-order valence-corrected chi connectivity index (χ4v) is 4.91. The van der Waals surface area contributed by atoms with Crippen LogP contribution in [0.15, 0.2) is 0 Å². The van der Waals surface area contributed by atoms with Crippen LogP contribution in [-0.4, -0.2) is 62.9 Å². The van der Waals surface area contributed by atoms with Crippen LogP contribution in [0.3, 0.4) is 0 Å².